The smallest absolute Gasteiger partial charge is 0.250 e. The van der Waals surface area contributed by atoms with Gasteiger partial charge in [-0.25, -0.2) is 25.6 Å². The number of hydrogen-bond donors (Lipinski definition) is 4. The molecule has 2 fully saturated rings. The molecule has 4 heterocycles. The van der Waals surface area contributed by atoms with Gasteiger partial charge in [-0.1, -0.05) is 24.3 Å². The van der Waals surface area contributed by atoms with E-state index in [9.17, 15) is 35.2 Å². The predicted molar refractivity (Wildman–Crippen MR) is 224 cm³/mol. The van der Waals surface area contributed by atoms with E-state index in [1.165, 1.54) is 24.3 Å². The van der Waals surface area contributed by atoms with Crippen LogP contribution in [0.15, 0.2) is 85.2 Å². The molecule has 2 aliphatic rings. The summed E-state index contributed by atoms with van der Waals surface area (Å²) in [7, 11) is -6.27. The summed E-state index contributed by atoms with van der Waals surface area (Å²) in [4.78, 5) is 30.5. The molecule has 58 heavy (non-hydrogen) atoms. The van der Waals surface area contributed by atoms with E-state index < -0.39 is 41.0 Å². The zero-order chi connectivity index (χ0) is 41.9. The molecule has 10 nitrogen and oxygen atoms in total. The number of aromatic amines is 2. The molecule has 2 aliphatic heterocycles. The van der Waals surface area contributed by atoms with Crippen LogP contribution >= 0.6 is 0 Å². The number of nitrogens with one attached hydrogen (secondary N) is 2. The number of H-pyrrole nitrogens is 2. The zero-order valence-electron chi connectivity index (χ0n) is 32.7. The van der Waals surface area contributed by atoms with Crippen LogP contribution in [0, 0.1) is 11.6 Å². The van der Waals surface area contributed by atoms with Gasteiger partial charge < -0.3 is 21.4 Å². The van der Waals surface area contributed by atoms with E-state index in [4.69, 9.17) is 11.5 Å². The van der Waals surface area contributed by atoms with Crippen LogP contribution in [0.25, 0.3) is 44.1 Å². The minimum atomic E-state index is -3.13. The fourth-order valence-electron chi connectivity index (χ4n) is 8.51. The number of sulfone groups is 2. The number of nitrogens with two attached hydrogens (primary N) is 2. The maximum Gasteiger partial charge on any atom is 0.250 e. The topological polar surface area (TPSA) is 186 Å². The van der Waals surface area contributed by atoms with Crippen LogP contribution in [0.1, 0.15) is 97.1 Å². The van der Waals surface area contributed by atoms with Crippen LogP contribution in [0.5, 0.6) is 0 Å². The van der Waals surface area contributed by atoms with Crippen molar-refractivity contribution in [3.8, 4) is 22.3 Å². The lowest BCUT2D eigenvalue weighted by Gasteiger charge is -2.34. The molecule has 2 aromatic heterocycles. The second-order valence-corrected chi connectivity index (χ2v) is 22.1. The fourth-order valence-corrected chi connectivity index (χ4v) is 11.7. The van der Waals surface area contributed by atoms with Crippen molar-refractivity contribution >= 4 is 53.3 Å². The van der Waals surface area contributed by atoms with Crippen molar-refractivity contribution in [2.45, 2.75) is 74.7 Å². The minimum Gasteiger partial charge on any atom is -0.366 e. The van der Waals surface area contributed by atoms with E-state index in [1.807, 2.05) is 24.5 Å². The lowest BCUT2D eigenvalue weighted by molar-refractivity contribution is 0.0993. The van der Waals surface area contributed by atoms with Gasteiger partial charge in [0.15, 0.2) is 19.7 Å². The quantitative estimate of drug-likeness (QED) is 0.131. The first-order valence-corrected chi connectivity index (χ1v) is 22.3. The van der Waals surface area contributed by atoms with E-state index in [2.05, 4.69) is 9.97 Å². The largest absolute Gasteiger partial charge is 0.366 e. The van der Waals surface area contributed by atoms with Crippen LogP contribution in [0.4, 0.5) is 8.78 Å². The van der Waals surface area contributed by atoms with Crippen molar-refractivity contribution in [3.63, 3.8) is 0 Å². The minimum absolute atomic E-state index is 0.0477. The molecule has 0 radical (unpaired) electrons. The molecule has 304 valence electrons. The molecule has 6 aromatic rings. The van der Waals surface area contributed by atoms with E-state index in [-0.39, 0.29) is 35.0 Å². The summed E-state index contributed by atoms with van der Waals surface area (Å²) < 4.78 is 74.6. The Kier molecular flexibility index (Phi) is 10.4. The molecular weight excluding hydrogens is 783 g/mol. The average molecular weight is 829 g/mol. The van der Waals surface area contributed by atoms with Gasteiger partial charge in [-0.3, -0.25) is 9.59 Å². The van der Waals surface area contributed by atoms with Gasteiger partial charge in [0, 0.05) is 23.2 Å². The van der Waals surface area contributed by atoms with Gasteiger partial charge >= 0.3 is 0 Å². The average Bonchev–Trinajstić information content (AvgIpc) is 3.79. The second kappa shape index (κ2) is 14.8. The molecule has 2 amide bonds. The Morgan fingerprint density at radius 2 is 0.931 bits per heavy atom. The molecule has 0 saturated carbocycles. The van der Waals surface area contributed by atoms with E-state index in [0.717, 1.165) is 44.2 Å². The van der Waals surface area contributed by atoms with Crippen LogP contribution in [0.3, 0.4) is 0 Å². The standard InChI is InChI=1S/2C22H23FN2O3S/c2*1-22(2)11-14(7-8-29(22,27)28)19-12-25-20-17(19)9-15(10-18(20)21(24)26)13-3-5-16(23)6-4-13/h2*3-6,9-10,12,14,25H,7-8,11H2,1-2H3,(H2,24,26)/t2*14-/m10/s1. The number of primary amides is 2. The Balaban J connectivity index is 0.000000177. The summed E-state index contributed by atoms with van der Waals surface area (Å²) in [6.45, 7) is 7.06. The number of halogens is 2. The number of carbonyl (C=O) groups is 2. The third-order valence-corrected chi connectivity index (χ3v) is 17.3. The van der Waals surface area contributed by atoms with Gasteiger partial charge in [-0.15, -0.1) is 0 Å². The normalized spacial score (nSPS) is 20.6. The highest BCUT2D eigenvalue weighted by Crippen LogP contribution is 2.44. The molecule has 0 aliphatic carbocycles. The maximum absolute atomic E-state index is 13.3. The van der Waals surface area contributed by atoms with Gasteiger partial charge in [0.2, 0.25) is 0 Å². The Bertz CT molecular complexity index is 2620. The highest BCUT2D eigenvalue weighted by atomic mass is 32.2. The van der Waals surface area contributed by atoms with Crippen LogP contribution in [-0.2, 0) is 19.7 Å². The van der Waals surface area contributed by atoms with Crippen molar-refractivity contribution in [2.75, 3.05) is 11.5 Å². The number of amides is 2. The summed E-state index contributed by atoms with van der Waals surface area (Å²) in [6, 6.07) is 19.4. The number of hydrogen-bond acceptors (Lipinski definition) is 6. The Morgan fingerprint density at radius 1 is 0.586 bits per heavy atom. The first-order valence-electron chi connectivity index (χ1n) is 19.0. The van der Waals surface area contributed by atoms with Gasteiger partial charge in [-0.2, -0.15) is 0 Å². The van der Waals surface area contributed by atoms with Gasteiger partial charge in [0.25, 0.3) is 11.8 Å². The van der Waals surface area contributed by atoms with E-state index in [1.54, 1.807) is 64.1 Å². The second-order valence-electron chi connectivity index (χ2n) is 16.7. The van der Waals surface area contributed by atoms with Crippen molar-refractivity contribution < 1.29 is 35.2 Å². The summed E-state index contributed by atoms with van der Waals surface area (Å²) in [5.74, 6) is -1.42. The first kappa shape index (κ1) is 40.8. The molecule has 0 spiro atoms. The molecule has 4 aromatic carbocycles. The summed E-state index contributed by atoms with van der Waals surface area (Å²) in [5.41, 5.74) is 18.3. The molecule has 2 atom stereocenters. The number of rotatable bonds is 6. The Hall–Kier alpha value is -5.34. The lowest BCUT2D eigenvalue weighted by atomic mass is 9.86. The fraction of sp³-hybridized carbons (Fsp3) is 0.318. The SMILES string of the molecule is CC1(C)C[C@@H](c2c[nH]c3c(C(N)=O)cc(-c4ccc(F)cc4)cc23)CCS1(=O)=O.CC1(C)C[C@H](c2c[nH]c3c(C(N)=O)cc(-c4ccc(F)cc4)cc23)CCS1(=O)=O. The third kappa shape index (κ3) is 7.55. The molecular formula is C44H46F2N4O6S2. The van der Waals surface area contributed by atoms with Crippen LogP contribution in [-0.4, -0.2) is 59.6 Å². The van der Waals surface area contributed by atoms with Crippen molar-refractivity contribution in [3.05, 3.63) is 119 Å². The predicted octanol–water partition coefficient (Wildman–Crippen LogP) is 8.29. The lowest BCUT2D eigenvalue weighted by Crippen LogP contribution is -2.40. The summed E-state index contributed by atoms with van der Waals surface area (Å²) in [5, 5.41) is 1.70. The van der Waals surface area contributed by atoms with Crippen molar-refractivity contribution in [1.29, 1.82) is 0 Å². The summed E-state index contributed by atoms with van der Waals surface area (Å²) >= 11 is 0. The highest BCUT2D eigenvalue weighted by molar-refractivity contribution is 7.93. The highest BCUT2D eigenvalue weighted by Gasteiger charge is 2.43. The van der Waals surface area contributed by atoms with Crippen molar-refractivity contribution in [2.24, 2.45) is 11.5 Å². The Labute approximate surface area is 336 Å². The molecule has 0 bridgehead atoms. The third-order valence-electron chi connectivity index (χ3n) is 12.0. The zero-order valence-corrected chi connectivity index (χ0v) is 34.3. The monoisotopic (exact) mass is 828 g/mol. The number of aromatic nitrogens is 2. The number of benzene rings is 4. The molecule has 6 N–H and O–H groups in total. The van der Waals surface area contributed by atoms with Crippen LogP contribution in [0.2, 0.25) is 0 Å². The Morgan fingerprint density at radius 3 is 1.24 bits per heavy atom. The molecule has 0 unspecified atom stereocenters. The van der Waals surface area contributed by atoms with Gasteiger partial charge in [-0.05, 0) is 147 Å². The number of fused-ring (bicyclic) bond motifs is 2. The van der Waals surface area contributed by atoms with Gasteiger partial charge in [0.05, 0.1) is 43.2 Å². The molecule has 8 rings (SSSR count). The summed E-state index contributed by atoms with van der Waals surface area (Å²) in [6.07, 6.45) is 5.79. The van der Waals surface area contributed by atoms with Crippen molar-refractivity contribution in [1.82, 2.24) is 9.97 Å². The molecule has 14 heteroatoms. The van der Waals surface area contributed by atoms with E-state index >= 15 is 0 Å². The maximum atomic E-state index is 13.3. The van der Waals surface area contributed by atoms with Gasteiger partial charge in [0.1, 0.15) is 11.6 Å². The number of carbonyl (C=O) groups excluding carboxylic acids is 2. The van der Waals surface area contributed by atoms with E-state index in [0.29, 0.717) is 47.8 Å². The van der Waals surface area contributed by atoms with Crippen LogP contribution < -0.4 is 11.5 Å². The molecule has 2 saturated heterocycles. The first-order chi connectivity index (χ1) is 27.2.